The number of phenolic OH excluding ortho intramolecular Hbond substituents is 2. The van der Waals surface area contributed by atoms with Crippen molar-refractivity contribution in [2.75, 3.05) is 0 Å². The molecule has 1 heterocycles. The van der Waals surface area contributed by atoms with Gasteiger partial charge >= 0.3 is 0 Å². The average molecular weight is 236 g/mol. The molecule has 17 heavy (non-hydrogen) atoms. The molecule has 90 valence electrons. The highest BCUT2D eigenvalue weighted by Gasteiger charge is 2.05. The molecule has 2 rings (SSSR count). The van der Waals surface area contributed by atoms with Crippen LogP contribution < -0.4 is 5.43 Å². The first-order valence-electron chi connectivity index (χ1n) is 4.84. The fourth-order valence-electron chi connectivity index (χ4n) is 1.11. The largest absolute Gasteiger partial charge is 0.508 e. The van der Waals surface area contributed by atoms with E-state index in [-0.39, 0.29) is 28.8 Å². The number of carbonyl (C=O) groups excluding carboxylic acids is 2. The summed E-state index contributed by atoms with van der Waals surface area (Å²) in [4.78, 5) is 20.7. The van der Waals surface area contributed by atoms with Crippen LogP contribution in [-0.4, -0.2) is 28.1 Å². The Balaban J connectivity index is 0.000000202. The van der Waals surface area contributed by atoms with Crippen LogP contribution in [0.2, 0.25) is 0 Å². The molecule has 0 atom stereocenters. The van der Waals surface area contributed by atoms with Gasteiger partial charge in [-0.25, -0.2) is 5.43 Å². The first-order chi connectivity index (χ1) is 8.00. The fourth-order valence-corrected chi connectivity index (χ4v) is 1.11. The predicted octanol–water partition coefficient (Wildman–Crippen LogP) is 0.792. The van der Waals surface area contributed by atoms with Crippen LogP contribution in [0.5, 0.6) is 11.5 Å². The lowest BCUT2D eigenvalue weighted by molar-refractivity contribution is -0.119. The summed E-state index contributed by atoms with van der Waals surface area (Å²) >= 11 is 0. The zero-order valence-electron chi connectivity index (χ0n) is 9.17. The Kier molecular flexibility index (Phi) is 4.21. The van der Waals surface area contributed by atoms with Gasteiger partial charge in [0, 0.05) is 12.3 Å². The number of aromatic hydroxyl groups is 2. The van der Waals surface area contributed by atoms with Gasteiger partial charge in [0.15, 0.2) is 5.78 Å². The van der Waals surface area contributed by atoms with E-state index in [1.54, 1.807) is 6.21 Å². The van der Waals surface area contributed by atoms with Crippen LogP contribution in [0.15, 0.2) is 23.3 Å². The Morgan fingerprint density at radius 1 is 1.41 bits per heavy atom. The summed E-state index contributed by atoms with van der Waals surface area (Å²) in [6.07, 6.45) is 1.99. The van der Waals surface area contributed by atoms with Crippen molar-refractivity contribution in [3.8, 4) is 11.5 Å². The minimum Gasteiger partial charge on any atom is -0.508 e. The maximum Gasteiger partial charge on any atom is 0.245 e. The van der Waals surface area contributed by atoms with Gasteiger partial charge in [0.1, 0.15) is 11.5 Å². The van der Waals surface area contributed by atoms with Crippen molar-refractivity contribution < 1.29 is 19.8 Å². The van der Waals surface area contributed by atoms with Gasteiger partial charge in [-0.05, 0) is 19.1 Å². The van der Waals surface area contributed by atoms with Crippen molar-refractivity contribution in [3.63, 3.8) is 0 Å². The van der Waals surface area contributed by atoms with E-state index < -0.39 is 0 Å². The lowest BCUT2D eigenvalue weighted by atomic mass is 10.1. The summed E-state index contributed by atoms with van der Waals surface area (Å²) in [5, 5.41) is 21.4. The van der Waals surface area contributed by atoms with Crippen molar-refractivity contribution in [2.45, 2.75) is 13.3 Å². The molecule has 0 saturated carbocycles. The maximum atomic E-state index is 10.7. The zero-order chi connectivity index (χ0) is 12.8. The number of ketones is 1. The number of hydrogen-bond donors (Lipinski definition) is 3. The van der Waals surface area contributed by atoms with E-state index in [9.17, 15) is 9.59 Å². The summed E-state index contributed by atoms with van der Waals surface area (Å²) in [5.74, 6) is -0.470. The van der Waals surface area contributed by atoms with E-state index in [2.05, 4.69) is 10.5 Å². The Morgan fingerprint density at radius 3 is 2.47 bits per heavy atom. The molecule has 0 aliphatic carbocycles. The molecule has 6 heteroatoms. The SMILES string of the molecule is CC(=O)c1ccc(O)cc1O.O=C1CC=NN1. The van der Waals surface area contributed by atoms with Crippen molar-refractivity contribution in [3.05, 3.63) is 23.8 Å². The van der Waals surface area contributed by atoms with E-state index in [0.717, 1.165) is 6.07 Å². The highest BCUT2D eigenvalue weighted by atomic mass is 16.3. The number of nitrogens with zero attached hydrogens (tertiary/aromatic N) is 1. The quantitative estimate of drug-likeness (QED) is 0.628. The molecule has 0 bridgehead atoms. The lowest BCUT2D eigenvalue weighted by Gasteiger charge is -1.99. The van der Waals surface area contributed by atoms with Crippen molar-refractivity contribution in [2.24, 2.45) is 5.10 Å². The minimum atomic E-state index is -0.220. The number of carbonyl (C=O) groups is 2. The Labute approximate surface area is 97.6 Å². The van der Waals surface area contributed by atoms with Crippen LogP contribution in [0.3, 0.4) is 0 Å². The second-order valence-electron chi connectivity index (χ2n) is 3.31. The highest BCUT2D eigenvalue weighted by molar-refractivity contribution is 5.96. The van der Waals surface area contributed by atoms with Gasteiger partial charge in [0.25, 0.3) is 0 Å². The molecule has 1 aliphatic heterocycles. The van der Waals surface area contributed by atoms with Gasteiger partial charge in [0.05, 0.1) is 12.0 Å². The van der Waals surface area contributed by atoms with Gasteiger partial charge < -0.3 is 10.2 Å². The predicted molar refractivity (Wildman–Crippen MR) is 61.0 cm³/mol. The Hall–Kier alpha value is -2.37. The minimum absolute atomic E-state index is 0.0185. The molecule has 0 aromatic heterocycles. The lowest BCUT2D eigenvalue weighted by Crippen LogP contribution is -2.08. The Bertz CT molecular complexity index is 459. The van der Waals surface area contributed by atoms with E-state index in [0.29, 0.717) is 6.42 Å². The normalized spacial score (nSPS) is 12.6. The van der Waals surface area contributed by atoms with E-state index in [4.69, 9.17) is 10.2 Å². The number of hydrazone groups is 1. The van der Waals surface area contributed by atoms with E-state index >= 15 is 0 Å². The number of benzene rings is 1. The molecule has 0 radical (unpaired) electrons. The van der Waals surface area contributed by atoms with Crippen molar-refractivity contribution in [1.29, 1.82) is 0 Å². The zero-order valence-corrected chi connectivity index (χ0v) is 9.17. The molecule has 1 aromatic carbocycles. The first kappa shape index (κ1) is 12.7. The van der Waals surface area contributed by atoms with Crippen LogP contribution in [0.4, 0.5) is 0 Å². The number of hydrogen-bond acceptors (Lipinski definition) is 5. The molecule has 1 aliphatic rings. The van der Waals surface area contributed by atoms with Gasteiger partial charge in [-0.2, -0.15) is 5.10 Å². The van der Waals surface area contributed by atoms with E-state index in [1.165, 1.54) is 19.1 Å². The van der Waals surface area contributed by atoms with E-state index in [1.807, 2.05) is 0 Å². The smallest absolute Gasteiger partial charge is 0.245 e. The van der Waals surface area contributed by atoms with Gasteiger partial charge in [0.2, 0.25) is 5.91 Å². The number of phenols is 2. The average Bonchev–Trinajstić information content (AvgIpc) is 2.69. The molecule has 0 saturated heterocycles. The monoisotopic (exact) mass is 236 g/mol. The van der Waals surface area contributed by atoms with Gasteiger partial charge in [-0.15, -0.1) is 0 Å². The summed E-state index contributed by atoms with van der Waals surface area (Å²) in [6, 6.07) is 3.88. The fraction of sp³-hybridized carbons (Fsp3) is 0.182. The summed E-state index contributed by atoms with van der Waals surface area (Å²) in [5.41, 5.74) is 2.47. The van der Waals surface area contributed by atoms with Crippen LogP contribution in [0.25, 0.3) is 0 Å². The molecule has 3 N–H and O–H groups in total. The Morgan fingerprint density at radius 2 is 2.12 bits per heavy atom. The second kappa shape index (κ2) is 5.64. The van der Waals surface area contributed by atoms with Crippen molar-refractivity contribution >= 4 is 17.9 Å². The third-order valence-electron chi connectivity index (χ3n) is 1.92. The molecular weight excluding hydrogens is 224 g/mol. The number of nitrogens with one attached hydrogen (secondary N) is 1. The highest BCUT2D eigenvalue weighted by Crippen LogP contribution is 2.22. The molecule has 0 unspecified atom stereocenters. The molecule has 1 amide bonds. The number of Topliss-reactive ketones (excluding diaryl/α,β-unsaturated/α-hetero) is 1. The van der Waals surface area contributed by atoms with Crippen LogP contribution in [-0.2, 0) is 4.79 Å². The first-order valence-corrected chi connectivity index (χ1v) is 4.84. The summed E-state index contributed by atoms with van der Waals surface area (Å²) < 4.78 is 0. The number of rotatable bonds is 1. The third-order valence-corrected chi connectivity index (χ3v) is 1.92. The molecule has 0 spiro atoms. The van der Waals surface area contributed by atoms with Gasteiger partial charge in [-0.3, -0.25) is 9.59 Å². The topological polar surface area (TPSA) is 99.0 Å². The molecular formula is C11H12N2O4. The second-order valence-corrected chi connectivity index (χ2v) is 3.31. The molecule has 6 nitrogen and oxygen atoms in total. The number of amides is 1. The molecule has 0 fully saturated rings. The summed E-state index contributed by atoms with van der Waals surface area (Å²) in [7, 11) is 0. The molecule has 1 aromatic rings. The van der Waals surface area contributed by atoms with Crippen LogP contribution in [0.1, 0.15) is 23.7 Å². The van der Waals surface area contributed by atoms with Crippen LogP contribution in [0, 0.1) is 0 Å². The summed E-state index contributed by atoms with van der Waals surface area (Å²) in [6.45, 7) is 1.35. The van der Waals surface area contributed by atoms with Crippen LogP contribution >= 0.6 is 0 Å². The maximum absolute atomic E-state index is 10.7. The standard InChI is InChI=1S/C8H8O3.C3H4N2O/c1-5(9)7-3-2-6(10)4-8(7)11;6-3-1-2-4-5-3/h2-4,10-11H,1H3;2H,1H2,(H,5,6). The van der Waals surface area contributed by atoms with Crippen molar-refractivity contribution in [1.82, 2.24) is 5.43 Å². The van der Waals surface area contributed by atoms with Gasteiger partial charge in [-0.1, -0.05) is 0 Å². The third kappa shape index (κ3) is 3.94.